The van der Waals surface area contributed by atoms with E-state index in [0.717, 1.165) is 38.5 Å². The topological polar surface area (TPSA) is 74.8 Å². The van der Waals surface area contributed by atoms with Crippen LogP contribution in [0.2, 0.25) is 5.02 Å². The molecule has 2 aliphatic heterocycles. The van der Waals surface area contributed by atoms with Gasteiger partial charge in [0.05, 0.1) is 5.41 Å². The number of ketones is 1. The van der Waals surface area contributed by atoms with Gasteiger partial charge in [-0.25, -0.2) is 0 Å². The van der Waals surface area contributed by atoms with Crippen LogP contribution >= 0.6 is 11.6 Å². The molecule has 4 rings (SSSR count). The highest BCUT2D eigenvalue weighted by Crippen LogP contribution is 2.45. The van der Waals surface area contributed by atoms with Crippen LogP contribution in [0.15, 0.2) is 24.3 Å². The number of likely N-dealkylation sites (tertiary alicyclic amines) is 2. The first-order valence-electron chi connectivity index (χ1n) is 11.2. The van der Waals surface area contributed by atoms with Crippen molar-refractivity contribution in [3.05, 3.63) is 34.9 Å². The van der Waals surface area contributed by atoms with Crippen molar-refractivity contribution in [3.8, 4) is 0 Å². The number of halogens is 1. The molecule has 3 fully saturated rings. The number of hydrogen-bond acceptors (Lipinski definition) is 4. The van der Waals surface area contributed by atoms with Crippen LogP contribution < -0.4 is 0 Å². The Kier molecular flexibility index (Phi) is 6.20. The summed E-state index contributed by atoms with van der Waals surface area (Å²) >= 11 is 6.50. The maximum atomic E-state index is 13.8. The SMILES string of the molecule is CC(=O)[C@@H]1CCCN(C(=O)C[C@]2(c3ccccc3Cl)CC(=O)N(C3CCCC3)C2=O)C1. The van der Waals surface area contributed by atoms with E-state index in [4.69, 9.17) is 11.6 Å². The quantitative estimate of drug-likeness (QED) is 0.651. The third-order valence-electron chi connectivity index (χ3n) is 7.23. The van der Waals surface area contributed by atoms with Crippen LogP contribution in [0.4, 0.5) is 0 Å². The second-order valence-electron chi connectivity index (χ2n) is 9.21. The summed E-state index contributed by atoms with van der Waals surface area (Å²) in [6.07, 6.45) is 5.03. The van der Waals surface area contributed by atoms with Crippen LogP contribution in [-0.4, -0.2) is 52.4 Å². The third kappa shape index (κ3) is 4.02. The van der Waals surface area contributed by atoms with Gasteiger partial charge in [-0.1, -0.05) is 42.6 Å². The van der Waals surface area contributed by atoms with Crippen molar-refractivity contribution in [3.63, 3.8) is 0 Å². The molecule has 2 saturated heterocycles. The minimum atomic E-state index is -1.28. The van der Waals surface area contributed by atoms with Crippen molar-refractivity contribution in [2.45, 2.75) is 69.7 Å². The molecule has 1 aromatic rings. The number of imide groups is 1. The van der Waals surface area contributed by atoms with Crippen molar-refractivity contribution in [1.82, 2.24) is 9.80 Å². The molecule has 0 unspecified atom stereocenters. The molecular weight excluding hydrogens is 416 g/mol. The summed E-state index contributed by atoms with van der Waals surface area (Å²) in [5.41, 5.74) is -0.734. The molecule has 0 aromatic heterocycles. The average Bonchev–Trinajstić information content (AvgIpc) is 3.35. The molecule has 2 atom stereocenters. The first-order valence-corrected chi connectivity index (χ1v) is 11.6. The predicted octanol–water partition coefficient (Wildman–Crippen LogP) is 3.50. The van der Waals surface area contributed by atoms with Gasteiger partial charge in [0.15, 0.2) is 0 Å². The van der Waals surface area contributed by atoms with Gasteiger partial charge in [0.2, 0.25) is 17.7 Å². The molecule has 2 heterocycles. The van der Waals surface area contributed by atoms with Gasteiger partial charge in [-0.3, -0.25) is 24.1 Å². The predicted molar refractivity (Wildman–Crippen MR) is 116 cm³/mol. The Bertz CT molecular complexity index is 911. The standard InChI is InChI=1S/C24H29ClN2O4/c1-16(28)17-7-6-12-26(15-17)21(29)13-24(19-10-4-5-11-20(19)25)14-22(30)27(23(24)31)18-8-2-3-9-18/h4-5,10-11,17-18H,2-3,6-9,12-15H2,1H3/t17-,24-/m1/s1. The van der Waals surface area contributed by atoms with Crippen molar-refractivity contribution < 1.29 is 19.2 Å². The van der Waals surface area contributed by atoms with E-state index >= 15 is 0 Å². The van der Waals surface area contributed by atoms with E-state index in [1.807, 2.05) is 0 Å². The number of rotatable bonds is 5. The van der Waals surface area contributed by atoms with Crippen LogP contribution in [0.1, 0.15) is 63.9 Å². The zero-order valence-electron chi connectivity index (χ0n) is 17.9. The maximum Gasteiger partial charge on any atom is 0.241 e. The van der Waals surface area contributed by atoms with Gasteiger partial charge in [-0.15, -0.1) is 0 Å². The van der Waals surface area contributed by atoms with Crippen molar-refractivity contribution in [2.24, 2.45) is 5.92 Å². The van der Waals surface area contributed by atoms with E-state index in [2.05, 4.69) is 0 Å². The number of benzene rings is 1. The van der Waals surface area contributed by atoms with Gasteiger partial charge in [0.1, 0.15) is 5.78 Å². The second-order valence-corrected chi connectivity index (χ2v) is 9.62. The Labute approximate surface area is 187 Å². The van der Waals surface area contributed by atoms with E-state index in [1.54, 1.807) is 36.1 Å². The monoisotopic (exact) mass is 444 g/mol. The van der Waals surface area contributed by atoms with E-state index in [0.29, 0.717) is 23.7 Å². The summed E-state index contributed by atoms with van der Waals surface area (Å²) in [6.45, 7) is 2.50. The van der Waals surface area contributed by atoms with Crippen LogP contribution in [-0.2, 0) is 24.6 Å². The number of Topliss-reactive ketones (excluding diaryl/α,β-unsaturated/α-hetero) is 1. The van der Waals surface area contributed by atoms with Gasteiger partial charge < -0.3 is 4.90 Å². The summed E-state index contributed by atoms with van der Waals surface area (Å²) in [4.78, 5) is 55.2. The van der Waals surface area contributed by atoms with Crippen LogP contribution in [0.5, 0.6) is 0 Å². The fourth-order valence-corrected chi connectivity index (χ4v) is 5.81. The Balaban J connectivity index is 1.67. The van der Waals surface area contributed by atoms with E-state index < -0.39 is 5.41 Å². The molecule has 0 radical (unpaired) electrons. The van der Waals surface area contributed by atoms with E-state index in [9.17, 15) is 19.2 Å². The third-order valence-corrected chi connectivity index (χ3v) is 7.56. The lowest BCUT2D eigenvalue weighted by molar-refractivity contribution is -0.145. The molecular formula is C24H29ClN2O4. The lowest BCUT2D eigenvalue weighted by Gasteiger charge is -2.35. The average molecular weight is 445 g/mol. The zero-order valence-corrected chi connectivity index (χ0v) is 18.7. The van der Waals surface area contributed by atoms with Crippen LogP contribution in [0, 0.1) is 5.92 Å². The summed E-state index contributed by atoms with van der Waals surface area (Å²) < 4.78 is 0. The highest BCUT2D eigenvalue weighted by molar-refractivity contribution is 6.32. The Hall–Kier alpha value is -2.21. The van der Waals surface area contributed by atoms with Gasteiger partial charge in [-0.05, 0) is 44.2 Å². The lowest BCUT2D eigenvalue weighted by Crippen LogP contribution is -2.48. The molecule has 0 bridgehead atoms. The summed E-state index contributed by atoms with van der Waals surface area (Å²) in [5.74, 6) is -0.793. The molecule has 0 spiro atoms. The summed E-state index contributed by atoms with van der Waals surface area (Å²) in [7, 11) is 0. The zero-order chi connectivity index (χ0) is 22.2. The minimum absolute atomic E-state index is 0.0399. The Morgan fingerprint density at radius 3 is 2.48 bits per heavy atom. The van der Waals surface area contributed by atoms with Crippen molar-refractivity contribution in [1.29, 1.82) is 0 Å². The normalized spacial score (nSPS) is 27.2. The van der Waals surface area contributed by atoms with Crippen molar-refractivity contribution in [2.75, 3.05) is 13.1 Å². The van der Waals surface area contributed by atoms with Gasteiger partial charge in [0, 0.05) is 42.9 Å². The number of nitrogens with zero attached hydrogens (tertiary/aromatic N) is 2. The molecule has 7 heteroatoms. The fourth-order valence-electron chi connectivity index (χ4n) is 5.49. The highest BCUT2D eigenvalue weighted by Gasteiger charge is 2.56. The number of amides is 3. The summed E-state index contributed by atoms with van der Waals surface area (Å²) in [6, 6.07) is 6.94. The fraction of sp³-hybridized carbons (Fsp3) is 0.583. The van der Waals surface area contributed by atoms with Crippen LogP contribution in [0.25, 0.3) is 0 Å². The minimum Gasteiger partial charge on any atom is -0.342 e. The number of carbonyl (C=O) groups is 4. The van der Waals surface area contributed by atoms with Gasteiger partial charge in [-0.2, -0.15) is 0 Å². The highest BCUT2D eigenvalue weighted by atomic mass is 35.5. The maximum absolute atomic E-state index is 13.8. The molecule has 3 amide bonds. The van der Waals surface area contributed by atoms with Crippen LogP contribution in [0.3, 0.4) is 0 Å². The second kappa shape index (κ2) is 8.73. The van der Waals surface area contributed by atoms with Crippen molar-refractivity contribution >= 4 is 35.1 Å². The Morgan fingerprint density at radius 2 is 1.81 bits per heavy atom. The molecule has 1 aromatic carbocycles. The van der Waals surface area contributed by atoms with Gasteiger partial charge in [0.25, 0.3) is 0 Å². The molecule has 6 nitrogen and oxygen atoms in total. The largest absolute Gasteiger partial charge is 0.342 e. The van der Waals surface area contributed by atoms with Gasteiger partial charge >= 0.3 is 0 Å². The number of piperidine rings is 1. The molecule has 1 aliphatic carbocycles. The summed E-state index contributed by atoms with van der Waals surface area (Å²) in [5, 5.41) is 0.393. The molecule has 3 aliphatic rings. The smallest absolute Gasteiger partial charge is 0.241 e. The first kappa shape index (κ1) is 22.0. The molecule has 0 N–H and O–H groups in total. The van der Waals surface area contributed by atoms with E-state index in [1.165, 1.54) is 4.90 Å². The Morgan fingerprint density at radius 1 is 1.10 bits per heavy atom. The molecule has 166 valence electrons. The first-order chi connectivity index (χ1) is 14.8. The number of hydrogen-bond donors (Lipinski definition) is 0. The lowest BCUT2D eigenvalue weighted by atomic mass is 9.75. The number of carbonyl (C=O) groups excluding carboxylic acids is 4. The van der Waals surface area contributed by atoms with E-state index in [-0.39, 0.29) is 48.3 Å². The molecule has 1 saturated carbocycles. The molecule has 31 heavy (non-hydrogen) atoms.